The van der Waals surface area contributed by atoms with Crippen molar-refractivity contribution >= 4 is 11.8 Å². The van der Waals surface area contributed by atoms with E-state index in [-0.39, 0.29) is 35.6 Å². The molecule has 2 bridgehead atoms. The van der Waals surface area contributed by atoms with Gasteiger partial charge in [-0.25, -0.2) is 4.79 Å². The third kappa shape index (κ3) is 2.97. The minimum absolute atomic E-state index is 0.0176. The van der Waals surface area contributed by atoms with E-state index in [2.05, 4.69) is 20.8 Å². The van der Waals surface area contributed by atoms with E-state index in [1.54, 1.807) is 0 Å². The summed E-state index contributed by atoms with van der Waals surface area (Å²) >= 11 is 0. The van der Waals surface area contributed by atoms with Crippen molar-refractivity contribution in [2.24, 2.45) is 34.5 Å². The molecule has 4 aliphatic carbocycles. The number of fused-ring (bicyclic) bond motifs is 5. The molecule has 1 heterocycles. The van der Waals surface area contributed by atoms with Crippen molar-refractivity contribution in [1.82, 2.24) is 0 Å². The van der Waals surface area contributed by atoms with Crippen LogP contribution in [0.5, 0.6) is 0 Å². The second-order valence-electron chi connectivity index (χ2n) is 12.5. The first-order valence-electron chi connectivity index (χ1n) is 12.5. The van der Waals surface area contributed by atoms with Crippen LogP contribution in [-0.4, -0.2) is 47.1 Å². The molecule has 186 valence electrons. The third-order valence-corrected chi connectivity index (χ3v) is 9.31. The van der Waals surface area contributed by atoms with Crippen LogP contribution in [0, 0.1) is 34.5 Å². The summed E-state index contributed by atoms with van der Waals surface area (Å²) in [6.07, 6.45) is 4.35. The van der Waals surface area contributed by atoms with Gasteiger partial charge in [0, 0.05) is 12.0 Å². The molecule has 1 spiro atoms. The number of carbonyl (C=O) groups excluding carboxylic acids is 2. The Labute approximate surface area is 202 Å². The number of Topliss-reactive ketones (excluding diaryl/α,β-unsaturated/α-hetero) is 1. The number of allylic oxidation sites excluding steroid dienone is 2. The van der Waals surface area contributed by atoms with Gasteiger partial charge in [-0.2, -0.15) is 0 Å². The van der Waals surface area contributed by atoms with Crippen molar-refractivity contribution in [2.45, 2.75) is 85.4 Å². The van der Waals surface area contributed by atoms with Gasteiger partial charge in [0.25, 0.3) is 0 Å². The molecule has 6 heteroatoms. The van der Waals surface area contributed by atoms with Crippen molar-refractivity contribution < 1.29 is 28.9 Å². The molecule has 5 aliphatic rings. The maximum absolute atomic E-state index is 14.6. The lowest BCUT2D eigenvalue weighted by atomic mass is 9.59. The second-order valence-corrected chi connectivity index (χ2v) is 12.5. The predicted molar refractivity (Wildman–Crippen MR) is 126 cm³/mol. The second kappa shape index (κ2) is 7.14. The van der Waals surface area contributed by atoms with E-state index in [0.29, 0.717) is 11.5 Å². The molecule has 8 atom stereocenters. The van der Waals surface area contributed by atoms with Gasteiger partial charge < -0.3 is 19.3 Å². The van der Waals surface area contributed by atoms with Gasteiger partial charge in [0.1, 0.15) is 6.10 Å². The molecular formula is C28H38O6. The number of esters is 1. The first kappa shape index (κ1) is 24.0. The van der Waals surface area contributed by atoms with Crippen molar-refractivity contribution in [3.05, 3.63) is 34.9 Å². The first-order chi connectivity index (χ1) is 15.7. The van der Waals surface area contributed by atoms with Crippen molar-refractivity contribution in [1.29, 1.82) is 0 Å². The van der Waals surface area contributed by atoms with Crippen molar-refractivity contribution in [3.8, 4) is 0 Å². The van der Waals surface area contributed by atoms with Crippen LogP contribution in [0.1, 0.15) is 61.8 Å². The Bertz CT molecular complexity index is 1040. The molecule has 0 aromatic rings. The smallest absolute Gasteiger partial charge is 0.331 e. The highest BCUT2D eigenvalue weighted by Crippen LogP contribution is 2.72. The Morgan fingerprint density at radius 3 is 2.56 bits per heavy atom. The summed E-state index contributed by atoms with van der Waals surface area (Å²) in [6, 6.07) is 0. The predicted octanol–water partition coefficient (Wildman–Crippen LogP) is 4.13. The highest BCUT2D eigenvalue weighted by Gasteiger charge is 2.77. The number of ether oxygens (including phenoxy) is 3. The molecule has 1 N–H and O–H groups in total. The number of ketones is 1. The highest BCUT2D eigenvalue weighted by molar-refractivity contribution is 5.95. The molecule has 1 saturated heterocycles. The topological polar surface area (TPSA) is 82.1 Å². The number of carbonyl (C=O) groups is 2. The van der Waals surface area contributed by atoms with Crippen LogP contribution >= 0.6 is 0 Å². The molecule has 5 rings (SSSR count). The van der Waals surface area contributed by atoms with Crippen LogP contribution in [-0.2, 0) is 23.8 Å². The summed E-state index contributed by atoms with van der Waals surface area (Å²) in [6.45, 7) is 15.9. The van der Waals surface area contributed by atoms with Crippen LogP contribution in [0.25, 0.3) is 0 Å². The first-order valence-corrected chi connectivity index (χ1v) is 12.5. The van der Waals surface area contributed by atoms with E-state index >= 15 is 0 Å². The monoisotopic (exact) mass is 470 g/mol. The van der Waals surface area contributed by atoms with Crippen molar-refractivity contribution in [2.75, 3.05) is 6.61 Å². The van der Waals surface area contributed by atoms with Crippen LogP contribution in [0.15, 0.2) is 34.9 Å². The maximum Gasteiger partial charge on any atom is 0.331 e. The average Bonchev–Trinajstić information content (AvgIpc) is 3.20. The van der Waals surface area contributed by atoms with E-state index in [1.807, 2.05) is 46.8 Å². The Morgan fingerprint density at radius 1 is 1.24 bits per heavy atom. The zero-order chi connectivity index (χ0) is 25.0. The molecule has 0 amide bonds. The van der Waals surface area contributed by atoms with Gasteiger partial charge in [0.05, 0.1) is 12.0 Å². The lowest BCUT2D eigenvalue weighted by Gasteiger charge is -2.52. The van der Waals surface area contributed by atoms with Gasteiger partial charge in [-0.3, -0.25) is 4.79 Å². The maximum atomic E-state index is 14.6. The molecule has 0 aromatic carbocycles. The number of hydrogen-bond acceptors (Lipinski definition) is 6. The number of aliphatic hydroxyl groups is 1. The summed E-state index contributed by atoms with van der Waals surface area (Å²) in [7, 11) is 0. The largest absolute Gasteiger partial charge is 0.451 e. The molecular weight excluding hydrogens is 432 g/mol. The standard InChI is InChI=1S/C28H38O6/c1-14(2)9-20(29)33-23-15(3)12-27-16(4)10-19-21(25(19,5)6)18(22(27)30)11-17-13-32-26(7,8)34-24(17)28(23,27)31/h9,11-12,16,18-19,21,23-24,31H,10,13H2,1-8H3/t16-,18+,19-,21+,23+,24-,27+,28-/m1/s1. The lowest BCUT2D eigenvalue weighted by molar-refractivity contribution is -0.303. The molecule has 1 aliphatic heterocycles. The van der Waals surface area contributed by atoms with Gasteiger partial charge in [0.15, 0.2) is 23.3 Å². The zero-order valence-corrected chi connectivity index (χ0v) is 21.6. The van der Waals surface area contributed by atoms with E-state index < -0.39 is 35.0 Å². The summed E-state index contributed by atoms with van der Waals surface area (Å²) in [5, 5.41) is 12.8. The Hall–Kier alpha value is -1.76. The van der Waals surface area contributed by atoms with E-state index in [1.165, 1.54) is 6.08 Å². The van der Waals surface area contributed by atoms with Crippen LogP contribution in [0.4, 0.5) is 0 Å². The fourth-order valence-electron chi connectivity index (χ4n) is 7.69. The molecule has 0 unspecified atom stereocenters. The van der Waals surface area contributed by atoms with Crippen LogP contribution in [0.2, 0.25) is 0 Å². The molecule has 0 radical (unpaired) electrons. The normalized spacial score (nSPS) is 45.4. The summed E-state index contributed by atoms with van der Waals surface area (Å²) < 4.78 is 18.3. The van der Waals surface area contributed by atoms with Gasteiger partial charge in [-0.05, 0) is 75.4 Å². The summed E-state index contributed by atoms with van der Waals surface area (Å²) in [5.41, 5.74) is -0.644. The summed E-state index contributed by atoms with van der Waals surface area (Å²) in [5.74, 6) is -1.33. The van der Waals surface area contributed by atoms with Crippen LogP contribution < -0.4 is 0 Å². The minimum atomic E-state index is -1.76. The van der Waals surface area contributed by atoms with Crippen molar-refractivity contribution in [3.63, 3.8) is 0 Å². The Morgan fingerprint density at radius 2 is 1.91 bits per heavy atom. The minimum Gasteiger partial charge on any atom is -0.451 e. The van der Waals surface area contributed by atoms with Gasteiger partial charge in [-0.15, -0.1) is 0 Å². The number of rotatable bonds is 2. The van der Waals surface area contributed by atoms with Gasteiger partial charge in [-0.1, -0.05) is 38.5 Å². The summed E-state index contributed by atoms with van der Waals surface area (Å²) in [4.78, 5) is 27.3. The fourth-order valence-corrected chi connectivity index (χ4v) is 7.69. The number of hydrogen-bond donors (Lipinski definition) is 1. The van der Waals surface area contributed by atoms with Gasteiger partial charge >= 0.3 is 5.97 Å². The zero-order valence-electron chi connectivity index (χ0n) is 21.6. The lowest BCUT2D eigenvalue weighted by Crippen LogP contribution is -2.68. The van der Waals surface area contributed by atoms with Gasteiger partial charge in [0.2, 0.25) is 0 Å². The highest BCUT2D eigenvalue weighted by atomic mass is 16.7. The third-order valence-electron chi connectivity index (χ3n) is 9.31. The van der Waals surface area contributed by atoms with E-state index in [4.69, 9.17) is 14.2 Å². The van der Waals surface area contributed by atoms with E-state index in [0.717, 1.165) is 17.6 Å². The Balaban J connectivity index is 1.72. The van der Waals surface area contributed by atoms with E-state index in [9.17, 15) is 14.7 Å². The SMILES string of the molecule is CC(C)=CC(=O)O[C@H]1C(C)=C[C@]23C(=O)[C@@H](C=C4COC(C)(C)O[C@H]4[C@]12O)[C@H]1[C@@H](C[C@H]3C)C1(C)C. The molecule has 6 nitrogen and oxygen atoms in total. The molecule has 3 fully saturated rings. The quantitative estimate of drug-likeness (QED) is 0.371. The molecule has 0 aromatic heterocycles. The molecule has 34 heavy (non-hydrogen) atoms. The molecule has 2 saturated carbocycles. The van der Waals surface area contributed by atoms with Crippen LogP contribution in [0.3, 0.4) is 0 Å². The Kier molecular flexibility index (Phi) is 5.03. The average molecular weight is 471 g/mol. The fraction of sp³-hybridized carbons (Fsp3) is 0.714.